The summed E-state index contributed by atoms with van der Waals surface area (Å²) in [7, 11) is -2.59. The largest absolute Gasteiger partial charge is 0.465 e. The number of esters is 1. The number of fused-ring (bicyclic) bond motifs is 1. The van der Waals surface area contributed by atoms with Crippen LogP contribution in [0.4, 0.5) is 0 Å². The quantitative estimate of drug-likeness (QED) is 0.593. The normalized spacial score (nSPS) is 17.8. The fourth-order valence-electron chi connectivity index (χ4n) is 3.16. The maximum absolute atomic E-state index is 13.5. The van der Waals surface area contributed by atoms with Crippen LogP contribution in [0.2, 0.25) is 0 Å². The molecule has 0 amide bonds. The monoisotopic (exact) mass is 425 g/mol. The second-order valence-electron chi connectivity index (χ2n) is 5.69. The summed E-state index contributed by atoms with van der Waals surface area (Å²) in [6.45, 7) is 0.384. The van der Waals surface area contributed by atoms with E-state index in [4.69, 9.17) is 4.74 Å². The zero-order valence-electron chi connectivity index (χ0n) is 13.7. The van der Waals surface area contributed by atoms with Gasteiger partial charge in [-0.05, 0) is 46.3 Å². The summed E-state index contributed by atoms with van der Waals surface area (Å²) < 4.78 is 33.2. The molecule has 0 bridgehead atoms. The highest BCUT2D eigenvalue weighted by molar-refractivity contribution is 7.89. The van der Waals surface area contributed by atoms with E-state index in [1.807, 2.05) is 29.0 Å². The number of thiophene rings is 3. The van der Waals surface area contributed by atoms with E-state index in [9.17, 15) is 13.2 Å². The topological polar surface area (TPSA) is 63.7 Å². The van der Waals surface area contributed by atoms with Gasteiger partial charge < -0.3 is 4.74 Å². The van der Waals surface area contributed by atoms with Gasteiger partial charge in [0.15, 0.2) is 0 Å². The Hall–Kier alpha value is -1.52. The van der Waals surface area contributed by atoms with Gasteiger partial charge in [0, 0.05) is 16.3 Å². The predicted octanol–water partition coefficient (Wildman–Crippen LogP) is 3.99. The molecule has 0 aromatic carbocycles. The van der Waals surface area contributed by atoms with Gasteiger partial charge in [0.1, 0.15) is 9.77 Å². The lowest BCUT2D eigenvalue weighted by molar-refractivity contribution is 0.0602. The van der Waals surface area contributed by atoms with E-state index in [0.717, 1.165) is 21.8 Å². The maximum atomic E-state index is 13.5. The fourth-order valence-corrected chi connectivity index (χ4v) is 7.88. The number of hydrogen-bond donors (Lipinski definition) is 0. The van der Waals surface area contributed by atoms with Crippen LogP contribution >= 0.6 is 34.0 Å². The molecule has 9 heteroatoms. The van der Waals surface area contributed by atoms with Crippen LogP contribution in [0.15, 0.2) is 45.3 Å². The number of carbonyl (C=O) groups excluding carboxylic acids is 1. The minimum absolute atomic E-state index is 0.0228. The smallest absolute Gasteiger partial charge is 0.349 e. The second kappa shape index (κ2) is 6.90. The van der Waals surface area contributed by atoms with E-state index in [2.05, 4.69) is 0 Å². The maximum Gasteiger partial charge on any atom is 0.349 e. The number of ether oxygens (including phenoxy) is 1. The Morgan fingerprint density at radius 1 is 1.15 bits per heavy atom. The Balaban J connectivity index is 1.84. The van der Waals surface area contributed by atoms with E-state index >= 15 is 0 Å². The van der Waals surface area contributed by atoms with Crippen molar-refractivity contribution in [2.45, 2.75) is 17.4 Å². The van der Waals surface area contributed by atoms with Crippen LogP contribution in [0.5, 0.6) is 0 Å². The van der Waals surface area contributed by atoms with Crippen molar-refractivity contribution < 1.29 is 17.9 Å². The van der Waals surface area contributed by atoms with Crippen LogP contribution in [0.1, 0.15) is 31.0 Å². The van der Waals surface area contributed by atoms with Crippen molar-refractivity contribution in [3.63, 3.8) is 0 Å². The molecule has 1 aliphatic rings. The van der Waals surface area contributed by atoms with Crippen LogP contribution in [0.25, 0.3) is 0 Å². The average molecular weight is 426 g/mol. The standard InChI is InChI=1S/C17H15NO4S4/c1-22-17(19)16-14(6-10-25-16)26(20,21)18-7-4-12-11(5-9-24-12)15(18)13-3-2-8-23-13/h2-3,5-6,8-10,15H,4,7H2,1H3/t15-/m0/s1. The number of sulfonamides is 1. The minimum atomic E-state index is -3.85. The molecule has 4 heterocycles. The molecule has 0 spiro atoms. The summed E-state index contributed by atoms with van der Waals surface area (Å²) in [5, 5.41) is 5.57. The third kappa shape index (κ3) is 2.84. The molecule has 0 radical (unpaired) electrons. The van der Waals surface area contributed by atoms with Crippen LogP contribution in [-0.2, 0) is 21.2 Å². The SMILES string of the molecule is COC(=O)c1sccc1S(=O)(=O)N1CCc2sccc2[C@H]1c1cccs1. The Bertz CT molecular complexity index is 1030. The third-order valence-electron chi connectivity index (χ3n) is 4.32. The first-order chi connectivity index (χ1) is 12.5. The fraction of sp³-hybridized carbons (Fsp3) is 0.235. The first kappa shape index (κ1) is 17.9. The molecule has 136 valence electrons. The highest BCUT2D eigenvalue weighted by atomic mass is 32.2. The summed E-state index contributed by atoms with van der Waals surface area (Å²) in [5.74, 6) is -0.625. The second-order valence-corrected chi connectivity index (χ2v) is 10.4. The van der Waals surface area contributed by atoms with Crippen molar-refractivity contribution in [2.75, 3.05) is 13.7 Å². The molecule has 1 atom stereocenters. The average Bonchev–Trinajstić information content (AvgIpc) is 3.40. The van der Waals surface area contributed by atoms with Crippen molar-refractivity contribution in [3.05, 3.63) is 60.6 Å². The van der Waals surface area contributed by atoms with E-state index < -0.39 is 16.0 Å². The zero-order chi connectivity index (χ0) is 18.3. The van der Waals surface area contributed by atoms with Crippen molar-refractivity contribution in [2.24, 2.45) is 0 Å². The molecule has 3 aromatic heterocycles. The third-order valence-corrected chi connectivity index (χ3v) is 9.17. The van der Waals surface area contributed by atoms with E-state index in [0.29, 0.717) is 13.0 Å². The Morgan fingerprint density at radius 2 is 1.96 bits per heavy atom. The first-order valence-corrected chi connectivity index (χ1v) is 11.9. The predicted molar refractivity (Wildman–Crippen MR) is 104 cm³/mol. The zero-order valence-corrected chi connectivity index (χ0v) is 17.0. The van der Waals surface area contributed by atoms with Crippen molar-refractivity contribution in [3.8, 4) is 0 Å². The van der Waals surface area contributed by atoms with Crippen molar-refractivity contribution in [1.29, 1.82) is 0 Å². The highest BCUT2D eigenvalue weighted by Crippen LogP contribution is 2.42. The molecule has 0 saturated heterocycles. The van der Waals surface area contributed by atoms with Gasteiger partial charge in [0.2, 0.25) is 10.0 Å². The summed E-state index contributed by atoms with van der Waals surface area (Å²) in [6, 6.07) is 7.01. The summed E-state index contributed by atoms with van der Waals surface area (Å²) in [4.78, 5) is 14.3. The molecule has 0 unspecified atom stereocenters. The van der Waals surface area contributed by atoms with Gasteiger partial charge in [-0.15, -0.1) is 34.0 Å². The minimum Gasteiger partial charge on any atom is -0.465 e. The summed E-state index contributed by atoms with van der Waals surface area (Å²) >= 11 is 4.28. The lowest BCUT2D eigenvalue weighted by Gasteiger charge is -2.34. The van der Waals surface area contributed by atoms with E-state index in [-0.39, 0.29) is 15.8 Å². The lowest BCUT2D eigenvalue weighted by atomic mass is 10.0. The van der Waals surface area contributed by atoms with Crippen molar-refractivity contribution >= 4 is 50.0 Å². The molecule has 0 fully saturated rings. The van der Waals surface area contributed by atoms with Gasteiger partial charge in [-0.2, -0.15) is 4.31 Å². The van der Waals surface area contributed by atoms with E-state index in [1.54, 1.807) is 16.7 Å². The number of rotatable bonds is 4. The Labute approximate surface area is 163 Å². The molecule has 3 aromatic rings. The molecule has 4 rings (SSSR count). The molecular formula is C17H15NO4S4. The van der Waals surface area contributed by atoms with Gasteiger partial charge in [-0.1, -0.05) is 6.07 Å². The van der Waals surface area contributed by atoms with Crippen LogP contribution < -0.4 is 0 Å². The molecule has 1 aliphatic heterocycles. The van der Waals surface area contributed by atoms with Crippen LogP contribution in [0.3, 0.4) is 0 Å². The summed E-state index contributed by atoms with van der Waals surface area (Å²) in [5.41, 5.74) is 1.03. The number of nitrogens with zero attached hydrogens (tertiary/aromatic N) is 1. The number of hydrogen-bond acceptors (Lipinski definition) is 7. The number of carbonyl (C=O) groups is 1. The van der Waals surface area contributed by atoms with E-state index in [1.165, 1.54) is 33.7 Å². The van der Waals surface area contributed by atoms with Gasteiger partial charge >= 0.3 is 5.97 Å². The van der Waals surface area contributed by atoms with Crippen LogP contribution in [0, 0.1) is 0 Å². The van der Waals surface area contributed by atoms with Crippen LogP contribution in [-0.4, -0.2) is 32.3 Å². The van der Waals surface area contributed by atoms with Gasteiger partial charge in [-0.25, -0.2) is 13.2 Å². The Morgan fingerprint density at radius 3 is 2.69 bits per heavy atom. The van der Waals surface area contributed by atoms with Crippen molar-refractivity contribution in [1.82, 2.24) is 4.31 Å². The van der Waals surface area contributed by atoms with Gasteiger partial charge in [0.25, 0.3) is 0 Å². The molecule has 0 aliphatic carbocycles. The number of methoxy groups -OCH3 is 1. The highest BCUT2D eigenvalue weighted by Gasteiger charge is 2.40. The lowest BCUT2D eigenvalue weighted by Crippen LogP contribution is -2.40. The molecule has 0 saturated carbocycles. The van der Waals surface area contributed by atoms with Gasteiger partial charge in [-0.3, -0.25) is 0 Å². The first-order valence-electron chi connectivity index (χ1n) is 7.81. The molecule has 0 N–H and O–H groups in total. The van der Waals surface area contributed by atoms with Gasteiger partial charge in [0.05, 0.1) is 13.2 Å². The molecule has 26 heavy (non-hydrogen) atoms. The summed E-state index contributed by atoms with van der Waals surface area (Å²) in [6.07, 6.45) is 0.672. The Kier molecular flexibility index (Phi) is 4.74. The molecular weight excluding hydrogens is 410 g/mol. The molecule has 5 nitrogen and oxygen atoms in total.